The smallest absolute Gasteiger partial charge is 0.290 e. The third-order valence-electron chi connectivity index (χ3n) is 4.92. The summed E-state index contributed by atoms with van der Waals surface area (Å²) in [5, 5.41) is 9.88. The first-order valence-electron chi connectivity index (χ1n) is 8.72. The fourth-order valence-electron chi connectivity index (χ4n) is 3.59. The van der Waals surface area contributed by atoms with Gasteiger partial charge in [-0.15, -0.1) is 0 Å². The van der Waals surface area contributed by atoms with E-state index in [1.165, 1.54) is 10.5 Å². The number of rotatable bonds is 4. The molecule has 1 amide bonds. The molecule has 1 N–H and O–H groups in total. The second kappa shape index (κ2) is 6.42. The predicted octanol–water partition coefficient (Wildman–Crippen LogP) is 2.89. The molecular weight excluding hydrogens is 330 g/mol. The van der Waals surface area contributed by atoms with Gasteiger partial charge in [-0.25, -0.2) is 0 Å². The number of aliphatic hydroxyl groups excluding tert-OH is 1. The second-order valence-electron chi connectivity index (χ2n) is 6.39. The Hall–Kier alpha value is -2.92. The Morgan fingerprint density at radius 3 is 2.50 bits per heavy atom. The number of β-amino-alcohol motifs (C(OH)–C–C–N with tert-alkyl or cyclic N) is 1. The molecule has 1 atom stereocenters. The molecule has 4 rings (SSSR count). The molecule has 5 nitrogen and oxygen atoms in total. The largest absolute Gasteiger partial charge is 0.450 e. The molecule has 0 radical (unpaired) electrons. The standard InChI is InChI=1S/C21H19NO4/c1-2-13-7-9-14(10-8-13)18-17-19(24)15-5-3-4-6-16(15)26-20(17)21(25)22(18)11-12-23/h3-10,18,23H,2,11-12H2,1H3/t18-/m0/s1. The summed E-state index contributed by atoms with van der Waals surface area (Å²) < 4.78 is 5.80. The number of fused-ring (bicyclic) bond motifs is 2. The molecule has 2 aromatic carbocycles. The maximum Gasteiger partial charge on any atom is 0.290 e. The number of carbonyl (C=O) groups excluding carboxylic acids is 1. The van der Waals surface area contributed by atoms with Gasteiger partial charge in [0.1, 0.15) is 5.58 Å². The first-order valence-corrected chi connectivity index (χ1v) is 8.72. The minimum absolute atomic E-state index is 0.0757. The number of para-hydroxylation sites is 1. The highest BCUT2D eigenvalue weighted by atomic mass is 16.3. The minimum atomic E-state index is -0.545. The molecular formula is C21H19NO4. The summed E-state index contributed by atoms with van der Waals surface area (Å²) in [5.74, 6) is -0.284. The Labute approximate surface area is 150 Å². The molecule has 3 aromatic rings. The second-order valence-corrected chi connectivity index (χ2v) is 6.39. The fraction of sp³-hybridized carbons (Fsp3) is 0.238. The monoisotopic (exact) mass is 349 g/mol. The highest BCUT2D eigenvalue weighted by Crippen LogP contribution is 2.37. The molecule has 26 heavy (non-hydrogen) atoms. The summed E-state index contributed by atoms with van der Waals surface area (Å²) in [6.07, 6.45) is 0.910. The van der Waals surface area contributed by atoms with Crippen molar-refractivity contribution in [2.75, 3.05) is 13.2 Å². The average molecular weight is 349 g/mol. The number of aryl methyl sites for hydroxylation is 1. The van der Waals surface area contributed by atoms with Crippen molar-refractivity contribution in [3.05, 3.63) is 81.2 Å². The molecule has 0 saturated heterocycles. The number of amides is 1. The number of hydrogen-bond acceptors (Lipinski definition) is 4. The topological polar surface area (TPSA) is 70.8 Å². The lowest BCUT2D eigenvalue weighted by Crippen LogP contribution is -2.32. The summed E-state index contributed by atoms with van der Waals surface area (Å²) >= 11 is 0. The van der Waals surface area contributed by atoms with Crippen LogP contribution in [-0.4, -0.2) is 29.1 Å². The van der Waals surface area contributed by atoms with E-state index in [0.717, 1.165) is 12.0 Å². The van der Waals surface area contributed by atoms with Gasteiger partial charge in [0, 0.05) is 6.54 Å². The Bertz CT molecular complexity index is 1040. The van der Waals surface area contributed by atoms with Crippen LogP contribution in [0.5, 0.6) is 0 Å². The van der Waals surface area contributed by atoms with Gasteiger partial charge in [0.2, 0.25) is 5.76 Å². The highest BCUT2D eigenvalue weighted by Gasteiger charge is 2.42. The van der Waals surface area contributed by atoms with E-state index in [1.807, 2.05) is 24.3 Å². The lowest BCUT2D eigenvalue weighted by Gasteiger charge is -2.24. The van der Waals surface area contributed by atoms with Crippen LogP contribution < -0.4 is 5.43 Å². The van der Waals surface area contributed by atoms with Crippen molar-refractivity contribution in [3.63, 3.8) is 0 Å². The highest BCUT2D eigenvalue weighted by molar-refractivity contribution is 5.99. The average Bonchev–Trinajstić information content (AvgIpc) is 2.95. The van der Waals surface area contributed by atoms with Crippen molar-refractivity contribution < 1.29 is 14.3 Å². The van der Waals surface area contributed by atoms with Crippen LogP contribution in [0.15, 0.2) is 57.7 Å². The van der Waals surface area contributed by atoms with Crippen LogP contribution in [0.4, 0.5) is 0 Å². The molecule has 0 spiro atoms. The molecule has 2 heterocycles. The van der Waals surface area contributed by atoms with E-state index in [0.29, 0.717) is 16.5 Å². The molecule has 0 aliphatic carbocycles. The first-order chi connectivity index (χ1) is 12.7. The normalized spacial score (nSPS) is 16.3. The molecule has 132 valence electrons. The Morgan fingerprint density at radius 2 is 1.81 bits per heavy atom. The van der Waals surface area contributed by atoms with Crippen molar-refractivity contribution in [2.45, 2.75) is 19.4 Å². The molecule has 1 aliphatic heterocycles. The predicted molar refractivity (Wildman–Crippen MR) is 98.3 cm³/mol. The third kappa shape index (κ3) is 2.44. The van der Waals surface area contributed by atoms with Gasteiger partial charge in [-0.1, -0.05) is 43.3 Å². The summed E-state index contributed by atoms with van der Waals surface area (Å²) in [7, 11) is 0. The van der Waals surface area contributed by atoms with E-state index < -0.39 is 6.04 Å². The van der Waals surface area contributed by atoms with E-state index in [1.54, 1.807) is 24.3 Å². The zero-order chi connectivity index (χ0) is 18.3. The van der Waals surface area contributed by atoms with Crippen LogP contribution >= 0.6 is 0 Å². The first kappa shape index (κ1) is 16.5. The maximum absolute atomic E-state index is 13.1. The Morgan fingerprint density at radius 1 is 1.08 bits per heavy atom. The number of hydrogen-bond donors (Lipinski definition) is 1. The third-order valence-corrected chi connectivity index (χ3v) is 4.92. The summed E-state index contributed by atoms with van der Waals surface area (Å²) in [4.78, 5) is 27.5. The number of carbonyl (C=O) groups is 1. The van der Waals surface area contributed by atoms with Crippen LogP contribution in [0.1, 0.15) is 40.2 Å². The quantitative estimate of drug-likeness (QED) is 0.786. The van der Waals surface area contributed by atoms with E-state index in [-0.39, 0.29) is 30.2 Å². The maximum atomic E-state index is 13.1. The van der Waals surface area contributed by atoms with Gasteiger partial charge in [0.05, 0.1) is 23.6 Å². The lowest BCUT2D eigenvalue weighted by atomic mass is 9.97. The van der Waals surface area contributed by atoms with Crippen molar-refractivity contribution in [3.8, 4) is 0 Å². The van der Waals surface area contributed by atoms with Gasteiger partial charge >= 0.3 is 0 Å². The molecule has 0 unspecified atom stereocenters. The lowest BCUT2D eigenvalue weighted by molar-refractivity contribution is 0.0691. The molecule has 5 heteroatoms. The van der Waals surface area contributed by atoms with Gasteiger partial charge in [0.25, 0.3) is 5.91 Å². The molecule has 0 bridgehead atoms. The van der Waals surface area contributed by atoms with Crippen molar-refractivity contribution in [2.24, 2.45) is 0 Å². The van der Waals surface area contributed by atoms with Gasteiger partial charge < -0.3 is 14.4 Å². The number of benzene rings is 2. The zero-order valence-corrected chi connectivity index (χ0v) is 14.4. The Balaban J connectivity index is 1.96. The van der Waals surface area contributed by atoms with Crippen molar-refractivity contribution >= 4 is 16.9 Å². The summed E-state index contributed by atoms with van der Waals surface area (Å²) in [6.45, 7) is 2.03. The molecule has 0 saturated carbocycles. The van der Waals surface area contributed by atoms with Crippen LogP contribution in [0.2, 0.25) is 0 Å². The molecule has 0 fully saturated rings. The van der Waals surface area contributed by atoms with Crippen LogP contribution in [0.3, 0.4) is 0 Å². The minimum Gasteiger partial charge on any atom is -0.450 e. The molecule has 1 aliphatic rings. The van der Waals surface area contributed by atoms with Crippen LogP contribution in [0.25, 0.3) is 11.0 Å². The van der Waals surface area contributed by atoms with E-state index in [2.05, 4.69) is 6.92 Å². The Kier molecular flexibility index (Phi) is 4.09. The SMILES string of the molecule is CCc1ccc([C@H]2c3c(oc4ccccc4c3=O)C(=O)N2CCO)cc1. The van der Waals surface area contributed by atoms with Crippen LogP contribution in [0, 0.1) is 0 Å². The fourth-order valence-corrected chi connectivity index (χ4v) is 3.59. The zero-order valence-electron chi connectivity index (χ0n) is 14.4. The molecule has 1 aromatic heterocycles. The number of nitrogens with zero attached hydrogens (tertiary/aromatic N) is 1. The van der Waals surface area contributed by atoms with Gasteiger partial charge in [0.15, 0.2) is 5.43 Å². The van der Waals surface area contributed by atoms with E-state index in [4.69, 9.17) is 4.42 Å². The summed E-state index contributed by atoms with van der Waals surface area (Å²) in [5.41, 5.74) is 2.57. The van der Waals surface area contributed by atoms with E-state index >= 15 is 0 Å². The van der Waals surface area contributed by atoms with Gasteiger partial charge in [-0.3, -0.25) is 9.59 Å². The van der Waals surface area contributed by atoms with Crippen molar-refractivity contribution in [1.29, 1.82) is 0 Å². The van der Waals surface area contributed by atoms with E-state index in [9.17, 15) is 14.7 Å². The van der Waals surface area contributed by atoms with Crippen molar-refractivity contribution in [1.82, 2.24) is 4.90 Å². The van der Waals surface area contributed by atoms with Crippen LogP contribution in [-0.2, 0) is 6.42 Å². The summed E-state index contributed by atoms with van der Waals surface area (Å²) in [6, 6.07) is 14.3. The number of aliphatic hydroxyl groups is 1. The van der Waals surface area contributed by atoms with Gasteiger partial charge in [-0.2, -0.15) is 0 Å². The van der Waals surface area contributed by atoms with Gasteiger partial charge in [-0.05, 0) is 29.7 Å².